The molecule has 2 atom stereocenters. The average molecular weight is 403 g/mol. The third kappa shape index (κ3) is 3.86. The van der Waals surface area contributed by atoms with Crippen molar-refractivity contribution in [2.24, 2.45) is 17.8 Å². The molecule has 2 aliphatic rings. The summed E-state index contributed by atoms with van der Waals surface area (Å²) >= 11 is 1.28. The predicted octanol–water partition coefficient (Wildman–Crippen LogP) is 5.12. The first-order valence-electron chi connectivity index (χ1n) is 10.1. The standard InChI is InChI=1S/C23H30O4S/c1-5-13-22(28-15-18-9-7-6-8-10-18)20(24)26-23(27-21(22)25)14-17(4)11-12-19(23)16(2)3/h5-10,16-17,19H,1,11-15H2,2-4H3/t17-,19-,22?,23?/m0/s1. The van der Waals surface area contributed by atoms with Crippen molar-refractivity contribution in [2.45, 2.75) is 62.7 Å². The molecule has 0 amide bonds. The molecule has 0 aromatic heterocycles. The monoisotopic (exact) mass is 402 g/mol. The van der Waals surface area contributed by atoms with Crippen molar-refractivity contribution in [1.29, 1.82) is 0 Å². The van der Waals surface area contributed by atoms with E-state index in [1.807, 2.05) is 30.3 Å². The van der Waals surface area contributed by atoms with Gasteiger partial charge in [0, 0.05) is 24.5 Å². The Labute approximate surface area is 172 Å². The Morgan fingerprint density at radius 2 is 1.82 bits per heavy atom. The Morgan fingerprint density at radius 3 is 2.39 bits per heavy atom. The summed E-state index contributed by atoms with van der Waals surface area (Å²) in [5.41, 5.74) is 1.04. The van der Waals surface area contributed by atoms with E-state index < -0.39 is 22.5 Å². The maximum Gasteiger partial charge on any atom is 0.337 e. The van der Waals surface area contributed by atoms with E-state index in [1.165, 1.54) is 11.8 Å². The zero-order chi connectivity index (χ0) is 20.4. The van der Waals surface area contributed by atoms with Crippen LogP contribution in [-0.4, -0.2) is 22.5 Å². The Bertz CT molecular complexity index is 709. The van der Waals surface area contributed by atoms with Crippen LogP contribution in [0.1, 0.15) is 52.0 Å². The fourth-order valence-corrected chi connectivity index (χ4v) is 5.57. The summed E-state index contributed by atoms with van der Waals surface area (Å²) in [6.45, 7) is 10.1. The van der Waals surface area contributed by atoms with Crippen LogP contribution in [0.2, 0.25) is 0 Å². The van der Waals surface area contributed by atoms with Gasteiger partial charge in [0.05, 0.1) is 0 Å². The largest absolute Gasteiger partial charge is 0.421 e. The first kappa shape index (κ1) is 21.0. The van der Waals surface area contributed by atoms with E-state index >= 15 is 0 Å². The smallest absolute Gasteiger partial charge is 0.337 e. The van der Waals surface area contributed by atoms with Crippen LogP contribution in [0.25, 0.3) is 0 Å². The molecular formula is C23H30O4S. The first-order chi connectivity index (χ1) is 13.3. The van der Waals surface area contributed by atoms with Crippen molar-refractivity contribution in [1.82, 2.24) is 0 Å². The Hall–Kier alpha value is -1.75. The first-order valence-corrected chi connectivity index (χ1v) is 11.1. The van der Waals surface area contributed by atoms with Gasteiger partial charge >= 0.3 is 11.9 Å². The molecule has 4 nitrogen and oxygen atoms in total. The van der Waals surface area contributed by atoms with Crippen LogP contribution in [0, 0.1) is 17.8 Å². The number of rotatable bonds is 6. The summed E-state index contributed by atoms with van der Waals surface area (Å²) in [5, 5.41) is 0. The summed E-state index contributed by atoms with van der Waals surface area (Å²) in [4.78, 5) is 26.6. The van der Waals surface area contributed by atoms with Crippen molar-refractivity contribution < 1.29 is 19.1 Å². The highest BCUT2D eigenvalue weighted by molar-refractivity contribution is 8.01. The highest BCUT2D eigenvalue weighted by atomic mass is 32.2. The topological polar surface area (TPSA) is 52.6 Å². The van der Waals surface area contributed by atoms with Gasteiger partial charge in [0.15, 0.2) is 0 Å². The lowest BCUT2D eigenvalue weighted by Gasteiger charge is -2.50. The minimum atomic E-state index is -1.38. The van der Waals surface area contributed by atoms with Gasteiger partial charge in [-0.25, -0.2) is 9.59 Å². The number of hydrogen-bond acceptors (Lipinski definition) is 5. The van der Waals surface area contributed by atoms with E-state index in [0.29, 0.717) is 18.1 Å². The van der Waals surface area contributed by atoms with Crippen molar-refractivity contribution in [3.8, 4) is 0 Å². The second kappa shape index (κ2) is 8.32. The molecule has 1 heterocycles. The van der Waals surface area contributed by atoms with Gasteiger partial charge in [-0.1, -0.05) is 57.2 Å². The zero-order valence-corrected chi connectivity index (χ0v) is 17.8. The lowest BCUT2D eigenvalue weighted by Crippen LogP contribution is -2.63. The van der Waals surface area contributed by atoms with E-state index in [-0.39, 0.29) is 18.3 Å². The quantitative estimate of drug-likeness (QED) is 0.375. The number of carbonyl (C=O) groups excluding carboxylic acids is 2. The van der Waals surface area contributed by atoms with Crippen LogP contribution in [0.4, 0.5) is 0 Å². The molecule has 0 radical (unpaired) electrons. The molecule has 1 saturated carbocycles. The van der Waals surface area contributed by atoms with E-state index in [1.54, 1.807) is 6.08 Å². The number of hydrogen-bond donors (Lipinski definition) is 0. The molecule has 0 N–H and O–H groups in total. The minimum Gasteiger partial charge on any atom is -0.421 e. The molecule has 0 bridgehead atoms. The molecule has 5 heteroatoms. The van der Waals surface area contributed by atoms with Crippen LogP contribution in [0.3, 0.4) is 0 Å². The normalized spacial score (nSPS) is 32.9. The predicted molar refractivity (Wildman–Crippen MR) is 112 cm³/mol. The summed E-state index contributed by atoms with van der Waals surface area (Å²) in [7, 11) is 0. The Kier molecular flexibility index (Phi) is 6.23. The van der Waals surface area contributed by atoms with Crippen LogP contribution in [0.5, 0.6) is 0 Å². The Balaban J connectivity index is 1.87. The summed E-state index contributed by atoms with van der Waals surface area (Å²) in [6, 6.07) is 9.79. The molecule has 1 aromatic rings. The van der Waals surface area contributed by atoms with E-state index in [2.05, 4.69) is 27.4 Å². The summed E-state index contributed by atoms with van der Waals surface area (Å²) in [5.74, 6) is -0.934. The van der Waals surface area contributed by atoms with E-state index in [9.17, 15) is 9.59 Å². The lowest BCUT2D eigenvalue weighted by atomic mass is 9.72. The van der Waals surface area contributed by atoms with Gasteiger partial charge in [0.2, 0.25) is 4.75 Å². The number of esters is 2. The van der Waals surface area contributed by atoms with Crippen LogP contribution >= 0.6 is 11.8 Å². The molecule has 3 rings (SSSR count). The van der Waals surface area contributed by atoms with Crippen molar-refractivity contribution in [3.63, 3.8) is 0 Å². The molecule has 1 spiro atoms. The van der Waals surface area contributed by atoms with Crippen molar-refractivity contribution in [2.75, 3.05) is 0 Å². The second-order valence-electron chi connectivity index (χ2n) is 8.42. The third-order valence-electron chi connectivity index (χ3n) is 5.92. The molecular weight excluding hydrogens is 372 g/mol. The third-order valence-corrected chi connectivity index (χ3v) is 7.39. The van der Waals surface area contributed by atoms with Gasteiger partial charge < -0.3 is 9.47 Å². The number of carbonyl (C=O) groups is 2. The highest BCUT2D eigenvalue weighted by Crippen LogP contribution is 2.50. The van der Waals surface area contributed by atoms with Crippen molar-refractivity contribution in [3.05, 3.63) is 48.6 Å². The van der Waals surface area contributed by atoms with Crippen LogP contribution in [-0.2, 0) is 24.8 Å². The molecule has 1 aromatic carbocycles. The molecule has 1 aliphatic carbocycles. The molecule has 1 saturated heterocycles. The van der Waals surface area contributed by atoms with E-state index in [4.69, 9.17) is 9.47 Å². The maximum absolute atomic E-state index is 13.3. The summed E-state index contributed by atoms with van der Waals surface area (Å²) in [6.07, 6.45) is 4.31. The number of ether oxygens (including phenoxy) is 2. The minimum absolute atomic E-state index is 0.0254. The second-order valence-corrected chi connectivity index (χ2v) is 9.70. The highest BCUT2D eigenvalue weighted by Gasteiger charge is 2.62. The summed E-state index contributed by atoms with van der Waals surface area (Å²) < 4.78 is 10.7. The van der Waals surface area contributed by atoms with Crippen LogP contribution in [0.15, 0.2) is 43.0 Å². The molecule has 0 unspecified atom stereocenters. The molecule has 28 heavy (non-hydrogen) atoms. The van der Waals surface area contributed by atoms with E-state index in [0.717, 1.165) is 18.4 Å². The molecule has 152 valence electrons. The fraction of sp³-hybridized carbons (Fsp3) is 0.565. The SMILES string of the molecule is C=CCC1(SCc2ccccc2)C(=O)OC2(C[C@@H](C)CC[C@H]2C(C)C)OC1=O. The van der Waals surface area contributed by atoms with Gasteiger partial charge in [0.25, 0.3) is 5.79 Å². The zero-order valence-electron chi connectivity index (χ0n) is 17.0. The number of allylic oxidation sites excluding steroid dienone is 1. The number of benzene rings is 1. The van der Waals surface area contributed by atoms with Gasteiger partial charge in [-0.3, -0.25) is 0 Å². The van der Waals surface area contributed by atoms with Gasteiger partial charge in [-0.2, -0.15) is 0 Å². The molecule has 2 fully saturated rings. The lowest BCUT2D eigenvalue weighted by molar-refractivity contribution is -0.285. The number of thioether (sulfide) groups is 1. The Morgan fingerprint density at radius 1 is 1.18 bits per heavy atom. The maximum atomic E-state index is 13.3. The molecule has 1 aliphatic heterocycles. The fourth-order valence-electron chi connectivity index (χ4n) is 4.41. The van der Waals surface area contributed by atoms with Crippen molar-refractivity contribution >= 4 is 23.7 Å². The van der Waals surface area contributed by atoms with Crippen LogP contribution < -0.4 is 0 Å². The van der Waals surface area contributed by atoms with Gasteiger partial charge in [0.1, 0.15) is 0 Å². The van der Waals surface area contributed by atoms with Gasteiger partial charge in [-0.15, -0.1) is 18.3 Å². The average Bonchev–Trinajstić information content (AvgIpc) is 2.64. The van der Waals surface area contributed by atoms with Gasteiger partial charge in [-0.05, 0) is 30.2 Å².